The van der Waals surface area contributed by atoms with E-state index in [1.54, 1.807) is 14.2 Å². The summed E-state index contributed by atoms with van der Waals surface area (Å²) in [7, 11) is 5.47. The van der Waals surface area contributed by atoms with Gasteiger partial charge in [-0.05, 0) is 50.2 Å². The van der Waals surface area contributed by atoms with Crippen LogP contribution in [-0.4, -0.2) is 35.6 Å². The maximum atomic E-state index is 5.63. The van der Waals surface area contributed by atoms with Gasteiger partial charge >= 0.3 is 0 Å². The Kier molecular flexibility index (Phi) is 5.44. The van der Waals surface area contributed by atoms with Crippen molar-refractivity contribution in [2.75, 3.05) is 21.3 Å². The highest BCUT2D eigenvalue weighted by molar-refractivity contribution is 7.71. The molecular formula is C18H27N4O2S+. The van der Waals surface area contributed by atoms with Crippen molar-refractivity contribution in [2.45, 2.75) is 45.4 Å². The second-order valence-corrected chi connectivity index (χ2v) is 7.01. The normalized spacial score (nSPS) is 15.2. The molecule has 1 aromatic heterocycles. The van der Waals surface area contributed by atoms with Gasteiger partial charge in [0, 0.05) is 18.0 Å². The van der Waals surface area contributed by atoms with Crippen molar-refractivity contribution in [3.63, 3.8) is 0 Å². The van der Waals surface area contributed by atoms with Gasteiger partial charge in [0.15, 0.2) is 18.2 Å². The van der Waals surface area contributed by atoms with E-state index < -0.39 is 0 Å². The zero-order valence-corrected chi connectivity index (χ0v) is 16.2. The Hall–Kier alpha value is -1.86. The molecule has 1 heterocycles. The van der Waals surface area contributed by atoms with E-state index in [9.17, 15) is 0 Å². The van der Waals surface area contributed by atoms with E-state index in [1.807, 2.05) is 16.8 Å². The lowest BCUT2D eigenvalue weighted by atomic mass is 10.2. The van der Waals surface area contributed by atoms with Crippen molar-refractivity contribution in [3.05, 3.63) is 34.4 Å². The zero-order valence-electron chi connectivity index (χ0n) is 15.4. The number of nitrogens with one attached hydrogen (secondary N) is 1. The van der Waals surface area contributed by atoms with Gasteiger partial charge in [-0.25, -0.2) is 0 Å². The van der Waals surface area contributed by atoms with Crippen LogP contribution in [0.25, 0.3) is 0 Å². The van der Waals surface area contributed by atoms with Crippen molar-refractivity contribution in [1.29, 1.82) is 0 Å². The molecule has 0 amide bonds. The van der Waals surface area contributed by atoms with Crippen LogP contribution >= 0.6 is 12.2 Å². The average Bonchev–Trinajstić information content (AvgIpc) is 3.40. The van der Waals surface area contributed by atoms with Gasteiger partial charge in [-0.2, -0.15) is 9.78 Å². The molecule has 6 nitrogen and oxygen atoms in total. The van der Waals surface area contributed by atoms with Gasteiger partial charge < -0.3 is 18.9 Å². The maximum Gasteiger partial charge on any atom is 0.202 e. The minimum absolute atomic E-state index is 0.606. The fraction of sp³-hybridized carbons (Fsp3) is 0.556. The van der Waals surface area contributed by atoms with Crippen LogP contribution in [0.3, 0.4) is 0 Å². The second kappa shape index (κ2) is 7.58. The average molecular weight is 364 g/mol. The molecular weight excluding hydrogens is 336 g/mol. The number of hydrogen-bond acceptors (Lipinski definition) is 4. The summed E-state index contributed by atoms with van der Waals surface area (Å²) in [5, 5.41) is 4.80. The molecule has 1 unspecified atom stereocenters. The summed E-state index contributed by atoms with van der Waals surface area (Å²) in [6, 6.07) is 6.05. The van der Waals surface area contributed by atoms with E-state index in [0.29, 0.717) is 5.92 Å². The molecule has 1 saturated carbocycles. The van der Waals surface area contributed by atoms with Crippen LogP contribution < -0.4 is 14.4 Å². The Morgan fingerprint density at radius 3 is 2.56 bits per heavy atom. The van der Waals surface area contributed by atoms with Crippen molar-refractivity contribution >= 4 is 12.2 Å². The number of ether oxygens (including phenoxy) is 2. The molecule has 1 aliphatic rings. The van der Waals surface area contributed by atoms with Crippen LogP contribution in [0.4, 0.5) is 0 Å². The Labute approximate surface area is 154 Å². The van der Waals surface area contributed by atoms with Crippen LogP contribution in [-0.2, 0) is 19.8 Å². The number of rotatable bonds is 8. The second-order valence-electron chi connectivity index (χ2n) is 6.64. The molecule has 0 spiro atoms. The number of hydrogen-bond donors (Lipinski definition) is 1. The molecule has 25 heavy (non-hydrogen) atoms. The van der Waals surface area contributed by atoms with E-state index in [1.165, 1.54) is 23.3 Å². The third kappa shape index (κ3) is 3.88. The van der Waals surface area contributed by atoms with Gasteiger partial charge in [-0.3, -0.25) is 0 Å². The third-order valence-corrected chi connectivity index (χ3v) is 5.01. The molecule has 0 aliphatic heterocycles. The van der Waals surface area contributed by atoms with Crippen LogP contribution in [0.15, 0.2) is 18.2 Å². The van der Waals surface area contributed by atoms with Crippen LogP contribution in [0.2, 0.25) is 0 Å². The zero-order chi connectivity index (χ0) is 18.0. The van der Waals surface area contributed by atoms with E-state index >= 15 is 0 Å². The molecule has 1 atom stereocenters. The monoisotopic (exact) mass is 363 g/mol. The Balaban J connectivity index is 1.73. The van der Waals surface area contributed by atoms with Crippen molar-refractivity contribution in [1.82, 2.24) is 14.3 Å². The minimum Gasteiger partial charge on any atom is -0.493 e. The molecule has 2 aromatic rings. The first kappa shape index (κ1) is 17.9. The summed E-state index contributed by atoms with van der Waals surface area (Å²) >= 11 is 5.63. The largest absolute Gasteiger partial charge is 0.493 e. The topological polar surface area (TPSA) is 45.7 Å². The van der Waals surface area contributed by atoms with Gasteiger partial charge in [0.05, 0.1) is 21.3 Å². The Morgan fingerprint density at radius 1 is 1.24 bits per heavy atom. The predicted octanol–water partition coefficient (Wildman–Crippen LogP) is 2.00. The fourth-order valence-electron chi connectivity index (χ4n) is 3.15. The predicted molar refractivity (Wildman–Crippen MR) is 98.8 cm³/mol. The molecule has 1 aromatic carbocycles. The molecule has 1 aliphatic carbocycles. The number of methoxy groups -OCH3 is 2. The number of nitrogens with zero attached hydrogens (tertiary/aromatic N) is 3. The molecule has 7 heteroatoms. The summed E-state index contributed by atoms with van der Waals surface area (Å²) < 4.78 is 15.7. The smallest absolute Gasteiger partial charge is 0.202 e. The Morgan fingerprint density at radius 2 is 1.96 bits per heavy atom. The minimum atomic E-state index is 0.606. The summed E-state index contributed by atoms with van der Waals surface area (Å²) in [6.45, 7) is 4.63. The summed E-state index contributed by atoms with van der Waals surface area (Å²) in [4.78, 5) is 1.31. The van der Waals surface area contributed by atoms with Crippen LogP contribution in [0.1, 0.15) is 37.1 Å². The van der Waals surface area contributed by atoms with Crippen molar-refractivity contribution in [3.8, 4) is 11.5 Å². The molecule has 1 fully saturated rings. The fourth-order valence-corrected chi connectivity index (χ4v) is 3.48. The van der Waals surface area contributed by atoms with Crippen LogP contribution in [0, 0.1) is 4.77 Å². The number of benzene rings is 1. The van der Waals surface area contributed by atoms with Crippen molar-refractivity contribution in [2.24, 2.45) is 0 Å². The SMILES string of the molecule is CCn1c(C2CC2)nn(C[NH+](C)Cc2ccc(OC)c(OC)c2)c1=S. The highest BCUT2D eigenvalue weighted by atomic mass is 32.1. The number of aromatic nitrogens is 3. The van der Waals surface area contributed by atoms with E-state index in [-0.39, 0.29) is 0 Å². The lowest BCUT2D eigenvalue weighted by molar-refractivity contribution is -0.917. The summed E-state index contributed by atoms with van der Waals surface area (Å²) in [5.41, 5.74) is 1.19. The van der Waals surface area contributed by atoms with Gasteiger partial charge in [-0.1, -0.05) is 0 Å². The number of quaternary nitrogens is 1. The molecule has 3 rings (SSSR count). The quantitative estimate of drug-likeness (QED) is 0.729. The van der Waals surface area contributed by atoms with E-state index in [0.717, 1.165) is 41.9 Å². The summed E-state index contributed by atoms with van der Waals surface area (Å²) in [6.07, 6.45) is 2.47. The van der Waals surface area contributed by atoms with Gasteiger partial charge in [-0.15, -0.1) is 0 Å². The summed E-state index contributed by atoms with van der Waals surface area (Å²) in [5.74, 6) is 3.28. The first-order valence-corrected chi connectivity index (χ1v) is 9.17. The molecule has 136 valence electrons. The van der Waals surface area contributed by atoms with Gasteiger partial charge in [0.25, 0.3) is 0 Å². The van der Waals surface area contributed by atoms with Gasteiger partial charge in [0.2, 0.25) is 4.77 Å². The standard InChI is InChI=1S/C18H26N4O2S/c1-5-21-17(14-7-8-14)19-22(18(21)25)12-20(2)11-13-6-9-15(23-3)16(10-13)24-4/h6,9-10,14H,5,7-8,11-12H2,1-4H3/p+1. The lowest BCUT2D eigenvalue weighted by Crippen LogP contribution is -3.07. The Bertz CT molecular complexity index is 795. The molecule has 0 saturated heterocycles. The first-order valence-electron chi connectivity index (χ1n) is 8.77. The lowest BCUT2D eigenvalue weighted by Gasteiger charge is -2.15. The maximum absolute atomic E-state index is 5.63. The van der Waals surface area contributed by atoms with E-state index in [4.69, 9.17) is 26.8 Å². The highest BCUT2D eigenvalue weighted by Crippen LogP contribution is 2.39. The van der Waals surface area contributed by atoms with Gasteiger partial charge in [0.1, 0.15) is 12.4 Å². The first-order chi connectivity index (χ1) is 12.1. The molecule has 1 N–H and O–H groups in total. The van der Waals surface area contributed by atoms with Crippen molar-refractivity contribution < 1.29 is 14.4 Å². The highest BCUT2D eigenvalue weighted by Gasteiger charge is 2.30. The molecule has 0 bridgehead atoms. The molecule has 0 radical (unpaired) electrons. The third-order valence-electron chi connectivity index (χ3n) is 4.58. The van der Waals surface area contributed by atoms with Crippen LogP contribution in [0.5, 0.6) is 11.5 Å². The van der Waals surface area contributed by atoms with E-state index in [2.05, 4.69) is 24.6 Å².